The van der Waals surface area contributed by atoms with Gasteiger partial charge >= 0.3 is 0 Å². The topological polar surface area (TPSA) is 63.2 Å². The predicted molar refractivity (Wildman–Crippen MR) is 87.0 cm³/mol. The van der Waals surface area contributed by atoms with Crippen molar-refractivity contribution >= 4 is 27.3 Å². The minimum atomic E-state index is -3.42. The Morgan fingerprint density at radius 3 is 2.61 bits per heavy atom. The van der Waals surface area contributed by atoms with E-state index in [9.17, 15) is 17.6 Å². The molecular weight excluding hydrogens is 341 g/mol. The molecule has 1 N–H and O–H groups in total. The van der Waals surface area contributed by atoms with Gasteiger partial charge in [0.1, 0.15) is 5.82 Å². The zero-order chi connectivity index (χ0) is 17.0. The number of nitrogens with one attached hydrogen (secondary N) is 1. The summed E-state index contributed by atoms with van der Waals surface area (Å²) >= 11 is 5.95. The van der Waals surface area contributed by atoms with Crippen molar-refractivity contribution in [2.24, 2.45) is 0 Å². The molecule has 0 spiro atoms. The van der Waals surface area contributed by atoms with Gasteiger partial charge in [0, 0.05) is 12.8 Å². The zero-order valence-corrected chi connectivity index (χ0v) is 13.9. The van der Waals surface area contributed by atoms with Crippen molar-refractivity contribution in [3.05, 3.63) is 64.4 Å². The molecule has 2 aromatic rings. The van der Waals surface area contributed by atoms with Gasteiger partial charge < -0.3 is 5.32 Å². The first kappa shape index (κ1) is 17.4. The molecule has 0 fully saturated rings. The number of halogens is 2. The highest BCUT2D eigenvalue weighted by Gasteiger charge is 2.15. The summed E-state index contributed by atoms with van der Waals surface area (Å²) in [5.74, 6) is -0.811. The summed E-state index contributed by atoms with van der Waals surface area (Å²) < 4.78 is 36.1. The van der Waals surface area contributed by atoms with Gasteiger partial charge in [0.05, 0.1) is 15.5 Å². The average molecular weight is 356 g/mol. The number of hydrogen-bond donors (Lipinski definition) is 1. The van der Waals surface area contributed by atoms with Gasteiger partial charge in [-0.05, 0) is 42.3 Å². The molecule has 2 aromatic carbocycles. The maximum atomic E-state index is 13.1. The second-order valence-electron chi connectivity index (χ2n) is 5.05. The molecule has 0 heterocycles. The molecule has 0 saturated carbocycles. The van der Waals surface area contributed by atoms with Crippen molar-refractivity contribution < 1.29 is 17.6 Å². The summed E-state index contributed by atoms with van der Waals surface area (Å²) in [6.07, 6.45) is 1.51. The second-order valence-corrected chi connectivity index (χ2v) is 7.47. The third-order valence-electron chi connectivity index (χ3n) is 3.20. The summed E-state index contributed by atoms with van der Waals surface area (Å²) in [5.41, 5.74) is 0.843. The van der Waals surface area contributed by atoms with E-state index in [-0.39, 0.29) is 27.8 Å². The normalized spacial score (nSPS) is 11.3. The molecule has 0 aliphatic carbocycles. The zero-order valence-electron chi connectivity index (χ0n) is 12.3. The first-order valence-electron chi connectivity index (χ1n) is 6.79. The predicted octanol–water partition coefficient (Wildman–Crippen LogP) is 2.86. The van der Waals surface area contributed by atoms with Gasteiger partial charge in [-0.25, -0.2) is 12.8 Å². The van der Waals surface area contributed by atoms with Gasteiger partial charge in [-0.15, -0.1) is 0 Å². The highest BCUT2D eigenvalue weighted by molar-refractivity contribution is 7.90. The van der Waals surface area contributed by atoms with E-state index in [2.05, 4.69) is 5.32 Å². The minimum Gasteiger partial charge on any atom is -0.352 e. The molecule has 7 heteroatoms. The van der Waals surface area contributed by atoms with Gasteiger partial charge in [-0.3, -0.25) is 4.79 Å². The standard InChI is InChI=1S/C16H15ClFNO3S/c1-23(21,22)13-5-6-15(17)14(10-13)16(20)19-8-7-11-3-2-4-12(18)9-11/h2-6,9-10H,7-8H2,1H3,(H,19,20). The molecule has 122 valence electrons. The van der Waals surface area contributed by atoms with E-state index in [1.165, 1.54) is 30.3 Å². The number of amides is 1. The van der Waals surface area contributed by atoms with Crippen molar-refractivity contribution in [3.8, 4) is 0 Å². The van der Waals surface area contributed by atoms with Gasteiger partial charge in [-0.2, -0.15) is 0 Å². The SMILES string of the molecule is CS(=O)(=O)c1ccc(Cl)c(C(=O)NCCc2cccc(F)c2)c1. The molecule has 0 radical (unpaired) electrons. The van der Waals surface area contributed by atoms with Crippen LogP contribution in [0.2, 0.25) is 5.02 Å². The van der Waals surface area contributed by atoms with Crippen molar-refractivity contribution in [2.45, 2.75) is 11.3 Å². The second kappa shape index (κ2) is 7.10. The van der Waals surface area contributed by atoms with E-state index in [0.29, 0.717) is 6.42 Å². The summed E-state index contributed by atoms with van der Waals surface area (Å²) in [6, 6.07) is 10.1. The summed E-state index contributed by atoms with van der Waals surface area (Å²) in [7, 11) is -3.42. The quantitative estimate of drug-likeness (QED) is 0.897. The van der Waals surface area contributed by atoms with Crippen molar-refractivity contribution in [1.82, 2.24) is 5.32 Å². The summed E-state index contributed by atoms with van der Waals surface area (Å²) in [4.78, 5) is 12.2. The highest BCUT2D eigenvalue weighted by Crippen LogP contribution is 2.20. The molecule has 4 nitrogen and oxygen atoms in total. The molecule has 0 aliphatic rings. The van der Waals surface area contributed by atoms with E-state index in [4.69, 9.17) is 11.6 Å². The minimum absolute atomic E-state index is 0.0252. The lowest BCUT2D eigenvalue weighted by Crippen LogP contribution is -2.26. The first-order valence-corrected chi connectivity index (χ1v) is 9.06. The van der Waals surface area contributed by atoms with E-state index in [1.54, 1.807) is 12.1 Å². The van der Waals surface area contributed by atoms with Crippen molar-refractivity contribution in [2.75, 3.05) is 12.8 Å². The fraction of sp³-hybridized carbons (Fsp3) is 0.188. The largest absolute Gasteiger partial charge is 0.352 e. The number of hydrogen-bond acceptors (Lipinski definition) is 3. The van der Waals surface area contributed by atoms with Crippen molar-refractivity contribution in [1.29, 1.82) is 0 Å². The van der Waals surface area contributed by atoms with E-state index < -0.39 is 15.7 Å². The fourth-order valence-electron chi connectivity index (χ4n) is 2.02. The van der Waals surface area contributed by atoms with Gasteiger partial charge in [0.25, 0.3) is 5.91 Å². The average Bonchev–Trinajstić information content (AvgIpc) is 2.46. The lowest BCUT2D eigenvalue weighted by atomic mass is 10.1. The third kappa shape index (κ3) is 4.77. The lowest BCUT2D eigenvalue weighted by Gasteiger charge is -2.08. The molecule has 0 saturated heterocycles. The van der Waals surface area contributed by atoms with Gasteiger partial charge in [0.2, 0.25) is 0 Å². The molecular formula is C16H15ClFNO3S. The van der Waals surface area contributed by atoms with E-state index >= 15 is 0 Å². The number of carbonyl (C=O) groups is 1. The lowest BCUT2D eigenvalue weighted by molar-refractivity contribution is 0.0954. The van der Waals surface area contributed by atoms with Crippen LogP contribution in [0.15, 0.2) is 47.4 Å². The smallest absolute Gasteiger partial charge is 0.252 e. The summed E-state index contributed by atoms with van der Waals surface area (Å²) in [6.45, 7) is 0.279. The van der Waals surface area contributed by atoms with Crippen LogP contribution in [0.4, 0.5) is 4.39 Å². The Hall–Kier alpha value is -1.92. The number of benzene rings is 2. The van der Waals surface area contributed by atoms with Crippen LogP contribution in [0.5, 0.6) is 0 Å². The molecule has 23 heavy (non-hydrogen) atoms. The van der Waals surface area contributed by atoms with Gasteiger partial charge in [0.15, 0.2) is 9.84 Å². The Morgan fingerprint density at radius 2 is 1.96 bits per heavy atom. The first-order chi connectivity index (χ1) is 10.8. The van der Waals surface area contributed by atoms with Crippen LogP contribution in [0.1, 0.15) is 15.9 Å². The van der Waals surface area contributed by atoms with Crippen LogP contribution < -0.4 is 5.32 Å². The van der Waals surface area contributed by atoms with E-state index in [0.717, 1.165) is 11.8 Å². The number of carbonyl (C=O) groups excluding carboxylic acids is 1. The monoisotopic (exact) mass is 355 g/mol. The van der Waals surface area contributed by atoms with Crippen LogP contribution in [-0.4, -0.2) is 27.1 Å². The Morgan fingerprint density at radius 1 is 1.22 bits per heavy atom. The maximum Gasteiger partial charge on any atom is 0.252 e. The molecule has 1 amide bonds. The van der Waals surface area contributed by atoms with Crippen molar-refractivity contribution in [3.63, 3.8) is 0 Å². The van der Waals surface area contributed by atoms with Crippen LogP contribution in [0.3, 0.4) is 0 Å². The number of rotatable bonds is 5. The number of sulfone groups is 1. The summed E-state index contributed by atoms with van der Waals surface area (Å²) in [5, 5.41) is 2.81. The Balaban J connectivity index is 2.06. The maximum absolute atomic E-state index is 13.1. The van der Waals surface area contributed by atoms with Crippen LogP contribution >= 0.6 is 11.6 Å². The Labute approximate surface area is 139 Å². The molecule has 0 bridgehead atoms. The van der Waals surface area contributed by atoms with E-state index in [1.807, 2.05) is 0 Å². The molecule has 0 unspecified atom stereocenters. The van der Waals surface area contributed by atoms with Crippen LogP contribution in [0, 0.1) is 5.82 Å². The van der Waals surface area contributed by atoms with Crippen LogP contribution in [-0.2, 0) is 16.3 Å². The molecule has 2 rings (SSSR count). The van der Waals surface area contributed by atoms with Crippen LogP contribution in [0.25, 0.3) is 0 Å². The van der Waals surface area contributed by atoms with Gasteiger partial charge in [-0.1, -0.05) is 23.7 Å². The highest BCUT2D eigenvalue weighted by atomic mass is 35.5. The fourth-order valence-corrected chi connectivity index (χ4v) is 2.87. The third-order valence-corrected chi connectivity index (χ3v) is 4.64. The molecule has 0 atom stereocenters. The Kier molecular flexibility index (Phi) is 5.38. The Bertz CT molecular complexity index is 837. The molecule has 0 aliphatic heterocycles. The molecule has 0 aromatic heterocycles.